The number of fused-ring (bicyclic) bond motifs is 2. The van der Waals surface area contributed by atoms with Gasteiger partial charge in [-0.3, -0.25) is 9.97 Å². The second-order valence-electron chi connectivity index (χ2n) is 8.24. The van der Waals surface area contributed by atoms with Crippen molar-refractivity contribution in [3.63, 3.8) is 0 Å². The lowest BCUT2D eigenvalue weighted by molar-refractivity contribution is 0.580. The molecule has 0 atom stereocenters. The van der Waals surface area contributed by atoms with Crippen LogP contribution in [0.3, 0.4) is 0 Å². The lowest BCUT2D eigenvalue weighted by Crippen LogP contribution is -1.84. The van der Waals surface area contributed by atoms with Gasteiger partial charge in [0.05, 0.1) is 0 Å². The molecule has 0 spiro atoms. The van der Waals surface area contributed by atoms with Crippen molar-refractivity contribution in [3.8, 4) is 46.1 Å². The Bertz CT molecular complexity index is 1740. The monoisotopic (exact) mass is 468 g/mol. The first-order valence-corrected chi connectivity index (χ1v) is 11.3. The van der Waals surface area contributed by atoms with Gasteiger partial charge >= 0.3 is 0 Å². The molecule has 8 heteroatoms. The van der Waals surface area contributed by atoms with Gasteiger partial charge in [-0.2, -0.15) is 0 Å². The van der Waals surface area contributed by atoms with Gasteiger partial charge in [0, 0.05) is 34.3 Å². The molecular formula is C28H16N6O2. The third-order valence-corrected chi connectivity index (χ3v) is 5.91. The molecule has 4 heterocycles. The number of aromatic nitrogens is 6. The molecule has 36 heavy (non-hydrogen) atoms. The second-order valence-corrected chi connectivity index (χ2v) is 8.24. The molecule has 7 rings (SSSR count). The van der Waals surface area contributed by atoms with Crippen LogP contribution >= 0.6 is 0 Å². The van der Waals surface area contributed by atoms with Crippen LogP contribution in [0.15, 0.2) is 106 Å². The van der Waals surface area contributed by atoms with E-state index in [1.807, 2.05) is 84.9 Å². The largest absolute Gasteiger partial charge is 0.415 e. The van der Waals surface area contributed by atoms with Gasteiger partial charge in [0.2, 0.25) is 11.8 Å². The molecule has 0 aliphatic carbocycles. The molecule has 0 fully saturated rings. The van der Waals surface area contributed by atoms with Crippen molar-refractivity contribution in [2.24, 2.45) is 0 Å². The Labute approximate surface area is 204 Å². The van der Waals surface area contributed by atoms with Crippen LogP contribution in [0, 0.1) is 0 Å². The average Bonchev–Trinajstić information content (AvgIpc) is 3.64. The Balaban J connectivity index is 1.19. The smallest absolute Gasteiger partial charge is 0.266 e. The highest BCUT2D eigenvalue weighted by molar-refractivity contribution is 5.85. The third kappa shape index (κ3) is 3.57. The Kier molecular flexibility index (Phi) is 4.60. The molecule has 0 unspecified atom stereocenters. The highest BCUT2D eigenvalue weighted by atomic mass is 16.4. The van der Waals surface area contributed by atoms with E-state index in [9.17, 15) is 0 Å². The van der Waals surface area contributed by atoms with Crippen LogP contribution in [0.2, 0.25) is 0 Å². The molecule has 7 aromatic rings. The summed E-state index contributed by atoms with van der Waals surface area (Å²) in [7, 11) is 0. The van der Waals surface area contributed by atoms with E-state index < -0.39 is 0 Å². The van der Waals surface area contributed by atoms with Gasteiger partial charge in [0.25, 0.3) is 11.8 Å². The van der Waals surface area contributed by atoms with Crippen molar-refractivity contribution in [3.05, 3.63) is 97.3 Å². The number of pyridine rings is 2. The van der Waals surface area contributed by atoms with E-state index in [1.54, 1.807) is 12.4 Å². The zero-order valence-electron chi connectivity index (χ0n) is 18.7. The molecule has 0 amide bonds. The molecule has 0 saturated carbocycles. The van der Waals surface area contributed by atoms with Gasteiger partial charge in [-0.05, 0) is 41.1 Å². The van der Waals surface area contributed by atoms with Crippen molar-refractivity contribution < 1.29 is 8.83 Å². The SMILES string of the molecule is c1cc(-c2nnc(-c3cc4ccccc4cn3)o2)cc(-c2nnc(-c3cc4ccccc4cn3)o2)c1. The highest BCUT2D eigenvalue weighted by Crippen LogP contribution is 2.29. The first-order chi connectivity index (χ1) is 17.8. The molecule has 0 saturated heterocycles. The lowest BCUT2D eigenvalue weighted by Gasteiger charge is -2.00. The van der Waals surface area contributed by atoms with Gasteiger partial charge < -0.3 is 8.83 Å². The van der Waals surface area contributed by atoms with Crippen LogP contribution < -0.4 is 0 Å². The van der Waals surface area contributed by atoms with Crippen molar-refractivity contribution in [2.45, 2.75) is 0 Å². The fourth-order valence-electron chi connectivity index (χ4n) is 4.07. The van der Waals surface area contributed by atoms with Crippen LogP contribution in [-0.2, 0) is 0 Å². The van der Waals surface area contributed by atoms with Crippen molar-refractivity contribution in [2.75, 3.05) is 0 Å². The average molecular weight is 468 g/mol. The molecule has 3 aromatic carbocycles. The summed E-state index contributed by atoms with van der Waals surface area (Å²) in [6.07, 6.45) is 3.60. The van der Waals surface area contributed by atoms with Gasteiger partial charge in [0.1, 0.15) is 11.4 Å². The van der Waals surface area contributed by atoms with E-state index >= 15 is 0 Å². The number of benzene rings is 3. The third-order valence-electron chi connectivity index (χ3n) is 5.91. The predicted octanol–water partition coefficient (Wildman–Crippen LogP) is 6.22. The lowest BCUT2D eigenvalue weighted by atomic mass is 10.1. The Morgan fingerprint density at radius 1 is 0.417 bits per heavy atom. The van der Waals surface area contributed by atoms with E-state index in [-0.39, 0.29) is 0 Å². The van der Waals surface area contributed by atoms with Crippen LogP contribution in [0.5, 0.6) is 0 Å². The summed E-state index contributed by atoms with van der Waals surface area (Å²) in [5.41, 5.74) is 2.70. The van der Waals surface area contributed by atoms with Crippen LogP contribution in [-0.4, -0.2) is 30.4 Å². The molecule has 0 aliphatic heterocycles. The van der Waals surface area contributed by atoms with E-state index in [0.717, 1.165) is 32.7 Å². The maximum absolute atomic E-state index is 5.95. The van der Waals surface area contributed by atoms with Crippen molar-refractivity contribution in [1.82, 2.24) is 30.4 Å². The topological polar surface area (TPSA) is 104 Å². The Morgan fingerprint density at radius 3 is 1.36 bits per heavy atom. The number of rotatable bonds is 4. The Hall–Kier alpha value is -5.24. The van der Waals surface area contributed by atoms with E-state index in [2.05, 4.69) is 30.4 Å². The van der Waals surface area contributed by atoms with Crippen LogP contribution in [0.4, 0.5) is 0 Å². The first-order valence-electron chi connectivity index (χ1n) is 11.3. The van der Waals surface area contributed by atoms with E-state index in [1.165, 1.54) is 0 Å². The molecular weight excluding hydrogens is 452 g/mol. The van der Waals surface area contributed by atoms with Gasteiger partial charge in [-0.15, -0.1) is 20.4 Å². The summed E-state index contributed by atoms with van der Waals surface area (Å²) >= 11 is 0. The van der Waals surface area contributed by atoms with Crippen LogP contribution in [0.1, 0.15) is 0 Å². The zero-order chi connectivity index (χ0) is 23.9. The zero-order valence-corrected chi connectivity index (χ0v) is 18.7. The van der Waals surface area contributed by atoms with Crippen LogP contribution in [0.25, 0.3) is 67.6 Å². The summed E-state index contributed by atoms with van der Waals surface area (Å²) in [6.45, 7) is 0. The van der Waals surface area contributed by atoms with Gasteiger partial charge in [-0.1, -0.05) is 54.6 Å². The number of hydrogen-bond acceptors (Lipinski definition) is 8. The minimum absolute atomic E-state index is 0.351. The minimum atomic E-state index is 0.351. The fourth-order valence-corrected chi connectivity index (χ4v) is 4.07. The fraction of sp³-hybridized carbons (Fsp3) is 0. The molecule has 0 aliphatic rings. The summed E-state index contributed by atoms with van der Waals surface area (Å²) in [5.74, 6) is 1.45. The summed E-state index contributed by atoms with van der Waals surface area (Å²) in [6, 6.07) is 27.4. The molecule has 170 valence electrons. The molecule has 8 nitrogen and oxygen atoms in total. The summed E-state index contributed by atoms with van der Waals surface area (Å²) in [5, 5.41) is 21.1. The maximum Gasteiger partial charge on any atom is 0.266 e. The highest BCUT2D eigenvalue weighted by Gasteiger charge is 2.16. The molecule has 0 bridgehead atoms. The standard InChI is InChI=1S/C28H16N6O2/c1-3-8-21-15-29-23(13-17(21)6-1)27-33-31-25(35-27)19-10-5-11-20(12-19)26-32-34-28(36-26)24-14-18-7-2-4-9-22(18)16-30-24/h1-16H. The van der Waals surface area contributed by atoms with Crippen molar-refractivity contribution >= 4 is 21.5 Å². The molecule has 0 radical (unpaired) electrons. The second kappa shape index (κ2) is 8.21. The van der Waals surface area contributed by atoms with Gasteiger partial charge in [0.15, 0.2) is 0 Å². The number of nitrogens with zero attached hydrogens (tertiary/aromatic N) is 6. The van der Waals surface area contributed by atoms with E-state index in [0.29, 0.717) is 35.0 Å². The maximum atomic E-state index is 5.95. The quantitative estimate of drug-likeness (QED) is 0.300. The summed E-state index contributed by atoms with van der Waals surface area (Å²) < 4.78 is 11.9. The first kappa shape index (κ1) is 20.2. The normalized spacial score (nSPS) is 11.3. The van der Waals surface area contributed by atoms with Gasteiger partial charge in [-0.25, -0.2) is 0 Å². The number of hydrogen-bond donors (Lipinski definition) is 0. The molecule has 4 aromatic heterocycles. The summed E-state index contributed by atoms with van der Waals surface area (Å²) in [4.78, 5) is 8.93. The molecule has 0 N–H and O–H groups in total. The Morgan fingerprint density at radius 2 is 0.861 bits per heavy atom. The minimum Gasteiger partial charge on any atom is -0.415 e. The van der Waals surface area contributed by atoms with Crippen molar-refractivity contribution in [1.29, 1.82) is 0 Å². The predicted molar refractivity (Wildman–Crippen MR) is 134 cm³/mol. The van der Waals surface area contributed by atoms with E-state index in [4.69, 9.17) is 8.83 Å².